The van der Waals surface area contributed by atoms with Crippen molar-refractivity contribution >= 4 is 28.5 Å². The van der Waals surface area contributed by atoms with Crippen LogP contribution < -0.4 is 0 Å². The number of benzene rings is 2. The minimum Gasteiger partial charge on any atom is -0.344 e. The number of aromatic nitrogens is 2. The Balaban J connectivity index is 1.74. The molecule has 128 valence electrons. The molecule has 1 heterocycles. The van der Waals surface area contributed by atoms with E-state index in [9.17, 15) is 9.18 Å². The highest BCUT2D eigenvalue weighted by Crippen LogP contribution is 2.36. The number of amides is 1. The minimum atomic E-state index is -0.449. The van der Waals surface area contributed by atoms with Gasteiger partial charge in [0.1, 0.15) is 11.3 Å². The van der Waals surface area contributed by atoms with E-state index in [0.717, 1.165) is 18.4 Å². The number of fused-ring (bicyclic) bond motifs is 1. The van der Waals surface area contributed by atoms with Crippen molar-refractivity contribution in [2.24, 2.45) is 0 Å². The number of carbonyl (C=O) groups is 1. The number of hydrogen-bond donors (Lipinski definition) is 1. The Morgan fingerprint density at radius 3 is 2.72 bits per heavy atom. The summed E-state index contributed by atoms with van der Waals surface area (Å²) < 4.78 is 14.0. The summed E-state index contributed by atoms with van der Waals surface area (Å²) in [4.78, 5) is 22.2. The second-order valence-electron chi connectivity index (χ2n) is 6.42. The van der Waals surface area contributed by atoms with Crippen LogP contribution in [0.4, 0.5) is 4.39 Å². The normalized spacial score (nSPS) is 15.3. The summed E-state index contributed by atoms with van der Waals surface area (Å²) in [5.41, 5.74) is 2.32. The van der Waals surface area contributed by atoms with Crippen LogP contribution in [0.15, 0.2) is 42.7 Å². The zero-order valence-corrected chi connectivity index (χ0v) is 14.4. The molecule has 4 rings (SSSR count). The summed E-state index contributed by atoms with van der Waals surface area (Å²) in [6.07, 6.45) is 3.40. The van der Waals surface area contributed by atoms with Gasteiger partial charge in [-0.2, -0.15) is 0 Å². The highest BCUT2D eigenvalue weighted by molar-refractivity contribution is 6.30. The van der Waals surface area contributed by atoms with Crippen molar-refractivity contribution in [2.45, 2.75) is 31.8 Å². The Hall–Kier alpha value is -2.40. The second kappa shape index (κ2) is 6.15. The van der Waals surface area contributed by atoms with E-state index in [4.69, 9.17) is 11.6 Å². The molecular formula is C19H17ClFN3O. The van der Waals surface area contributed by atoms with Crippen LogP contribution in [0.1, 0.15) is 41.7 Å². The van der Waals surface area contributed by atoms with Crippen molar-refractivity contribution in [3.05, 3.63) is 64.7 Å². The number of aromatic amines is 1. The van der Waals surface area contributed by atoms with E-state index in [-0.39, 0.29) is 18.0 Å². The maximum atomic E-state index is 14.0. The van der Waals surface area contributed by atoms with Crippen LogP contribution in [-0.2, 0) is 0 Å². The molecule has 0 aliphatic heterocycles. The maximum Gasteiger partial charge on any atom is 0.256 e. The Bertz CT molecular complexity index is 933. The molecule has 1 N–H and O–H groups in total. The van der Waals surface area contributed by atoms with Crippen LogP contribution in [0.2, 0.25) is 5.02 Å². The van der Waals surface area contributed by atoms with Gasteiger partial charge in [-0.05, 0) is 49.6 Å². The number of nitrogens with zero attached hydrogens (tertiary/aromatic N) is 2. The molecule has 1 amide bonds. The Labute approximate surface area is 149 Å². The van der Waals surface area contributed by atoms with E-state index in [1.807, 2.05) is 36.1 Å². The van der Waals surface area contributed by atoms with Crippen molar-refractivity contribution in [1.29, 1.82) is 0 Å². The summed E-state index contributed by atoms with van der Waals surface area (Å²) in [5, 5.41) is 0.656. The maximum absolute atomic E-state index is 14.0. The van der Waals surface area contributed by atoms with E-state index in [1.165, 1.54) is 18.5 Å². The van der Waals surface area contributed by atoms with Crippen LogP contribution in [0.5, 0.6) is 0 Å². The van der Waals surface area contributed by atoms with Gasteiger partial charge in [0.15, 0.2) is 0 Å². The molecule has 0 saturated heterocycles. The predicted molar refractivity (Wildman–Crippen MR) is 95.1 cm³/mol. The average molecular weight is 358 g/mol. The Kier molecular flexibility index (Phi) is 3.96. The van der Waals surface area contributed by atoms with Gasteiger partial charge in [0.05, 0.1) is 23.4 Å². The third-order valence-corrected chi connectivity index (χ3v) is 4.92. The first-order valence-electron chi connectivity index (χ1n) is 8.25. The van der Waals surface area contributed by atoms with Crippen molar-refractivity contribution in [3.8, 4) is 0 Å². The predicted octanol–water partition coefficient (Wildman–Crippen LogP) is 4.72. The van der Waals surface area contributed by atoms with Gasteiger partial charge in [0.25, 0.3) is 5.91 Å². The molecule has 1 fully saturated rings. The van der Waals surface area contributed by atoms with Crippen molar-refractivity contribution in [3.63, 3.8) is 0 Å². The lowest BCUT2D eigenvalue weighted by molar-refractivity contribution is 0.0675. The zero-order valence-electron chi connectivity index (χ0n) is 13.7. The lowest BCUT2D eigenvalue weighted by Crippen LogP contribution is -2.35. The van der Waals surface area contributed by atoms with Crippen LogP contribution in [-0.4, -0.2) is 26.8 Å². The van der Waals surface area contributed by atoms with Gasteiger partial charge in [-0.25, -0.2) is 9.37 Å². The zero-order chi connectivity index (χ0) is 17.6. The summed E-state index contributed by atoms with van der Waals surface area (Å²) >= 11 is 5.97. The number of nitrogens with one attached hydrogen (secondary N) is 1. The van der Waals surface area contributed by atoms with Gasteiger partial charge in [-0.3, -0.25) is 4.79 Å². The molecule has 25 heavy (non-hydrogen) atoms. The molecule has 3 aromatic rings. The lowest BCUT2D eigenvalue weighted by Gasteiger charge is -2.30. The van der Waals surface area contributed by atoms with E-state index < -0.39 is 5.82 Å². The molecule has 6 heteroatoms. The largest absolute Gasteiger partial charge is 0.344 e. The number of H-pyrrole nitrogens is 1. The van der Waals surface area contributed by atoms with Gasteiger partial charge >= 0.3 is 0 Å². The second-order valence-corrected chi connectivity index (χ2v) is 6.86. The van der Waals surface area contributed by atoms with Gasteiger partial charge in [0, 0.05) is 11.1 Å². The lowest BCUT2D eigenvalue weighted by atomic mass is 10.0. The van der Waals surface area contributed by atoms with Gasteiger partial charge < -0.3 is 9.88 Å². The van der Waals surface area contributed by atoms with Crippen LogP contribution in [0.3, 0.4) is 0 Å². The first-order valence-corrected chi connectivity index (χ1v) is 8.63. The number of imidazole rings is 1. The first kappa shape index (κ1) is 16.1. The summed E-state index contributed by atoms with van der Waals surface area (Å²) in [5.74, 6) is -0.642. The van der Waals surface area contributed by atoms with Crippen molar-refractivity contribution in [2.75, 3.05) is 0 Å². The third kappa shape index (κ3) is 3.00. The van der Waals surface area contributed by atoms with Crippen LogP contribution in [0, 0.1) is 5.82 Å². The van der Waals surface area contributed by atoms with Crippen molar-refractivity contribution in [1.82, 2.24) is 14.9 Å². The fraction of sp³-hybridized carbons (Fsp3) is 0.263. The SMILES string of the molecule is C[C@@H](c1ccc(Cl)cc1)N(C(=O)c1cc(F)cc2[nH]cnc12)C1CC1. The summed E-state index contributed by atoms with van der Waals surface area (Å²) in [6, 6.07) is 10.1. The number of rotatable bonds is 4. The minimum absolute atomic E-state index is 0.130. The van der Waals surface area contributed by atoms with E-state index in [0.29, 0.717) is 21.6 Å². The van der Waals surface area contributed by atoms with Gasteiger partial charge in [-0.15, -0.1) is 0 Å². The molecule has 1 aliphatic rings. The molecule has 1 aliphatic carbocycles. The molecule has 2 aromatic carbocycles. The molecule has 0 bridgehead atoms. The Morgan fingerprint density at radius 1 is 1.32 bits per heavy atom. The number of halogens is 2. The summed E-state index contributed by atoms with van der Waals surface area (Å²) in [6.45, 7) is 1.99. The molecule has 1 atom stereocenters. The monoisotopic (exact) mass is 357 g/mol. The standard InChI is InChI=1S/C19H17ClFN3O/c1-11(12-2-4-13(20)5-3-12)24(15-6-7-15)19(25)16-8-14(21)9-17-18(16)23-10-22-17/h2-5,8-11,15H,6-7H2,1H3,(H,22,23)/t11-/m0/s1. The first-order chi connectivity index (χ1) is 12.0. The van der Waals surface area contributed by atoms with E-state index in [2.05, 4.69) is 9.97 Å². The highest BCUT2D eigenvalue weighted by atomic mass is 35.5. The molecule has 0 unspecified atom stereocenters. The third-order valence-electron chi connectivity index (χ3n) is 4.66. The number of carbonyl (C=O) groups excluding carboxylic acids is 1. The molecule has 0 spiro atoms. The van der Waals surface area contributed by atoms with Gasteiger partial charge in [0.2, 0.25) is 0 Å². The quantitative estimate of drug-likeness (QED) is 0.734. The van der Waals surface area contributed by atoms with E-state index >= 15 is 0 Å². The van der Waals surface area contributed by atoms with Crippen LogP contribution >= 0.6 is 11.6 Å². The van der Waals surface area contributed by atoms with E-state index in [1.54, 1.807) is 0 Å². The molecule has 1 saturated carbocycles. The summed E-state index contributed by atoms with van der Waals surface area (Å²) in [7, 11) is 0. The smallest absolute Gasteiger partial charge is 0.256 e. The van der Waals surface area contributed by atoms with Crippen molar-refractivity contribution < 1.29 is 9.18 Å². The molecule has 0 radical (unpaired) electrons. The fourth-order valence-electron chi connectivity index (χ4n) is 3.23. The van der Waals surface area contributed by atoms with Gasteiger partial charge in [-0.1, -0.05) is 23.7 Å². The van der Waals surface area contributed by atoms with Crippen LogP contribution in [0.25, 0.3) is 11.0 Å². The molecule has 4 nitrogen and oxygen atoms in total. The fourth-order valence-corrected chi connectivity index (χ4v) is 3.36. The topological polar surface area (TPSA) is 49.0 Å². The Morgan fingerprint density at radius 2 is 2.04 bits per heavy atom. The number of hydrogen-bond acceptors (Lipinski definition) is 2. The molecule has 1 aromatic heterocycles. The molecular weight excluding hydrogens is 341 g/mol. The average Bonchev–Trinajstić information content (AvgIpc) is 3.31. The highest BCUT2D eigenvalue weighted by Gasteiger charge is 2.37.